The number of ether oxygens (including phenoxy) is 1. The van der Waals surface area contributed by atoms with Gasteiger partial charge in [0.2, 0.25) is 5.91 Å². The minimum atomic E-state index is -0.633. The first-order valence-corrected chi connectivity index (χ1v) is 7.84. The molecule has 1 saturated heterocycles. The van der Waals surface area contributed by atoms with Crippen LogP contribution in [0.2, 0.25) is 0 Å². The van der Waals surface area contributed by atoms with E-state index in [2.05, 4.69) is 10.3 Å². The van der Waals surface area contributed by atoms with Crippen LogP contribution in [0.15, 0.2) is 15.8 Å². The number of aliphatic hydroxyl groups excluding tert-OH is 1. The van der Waals surface area contributed by atoms with Gasteiger partial charge in [-0.05, 0) is 13.3 Å². The molecule has 128 valence electrons. The average molecular weight is 325 g/mol. The van der Waals surface area contributed by atoms with Crippen molar-refractivity contribution in [2.45, 2.75) is 57.9 Å². The van der Waals surface area contributed by atoms with Crippen molar-refractivity contribution < 1.29 is 14.6 Å². The molecule has 8 nitrogen and oxygen atoms in total. The van der Waals surface area contributed by atoms with Crippen LogP contribution in [0.5, 0.6) is 0 Å². The predicted molar refractivity (Wildman–Crippen MR) is 83.1 cm³/mol. The van der Waals surface area contributed by atoms with Crippen LogP contribution >= 0.6 is 0 Å². The second-order valence-electron chi connectivity index (χ2n) is 5.80. The van der Waals surface area contributed by atoms with Gasteiger partial charge in [0.25, 0.3) is 5.56 Å². The van der Waals surface area contributed by atoms with Crippen LogP contribution in [-0.4, -0.2) is 39.3 Å². The Morgan fingerprint density at radius 2 is 2.26 bits per heavy atom. The predicted octanol–water partition coefficient (Wildman–Crippen LogP) is -0.200. The number of amides is 1. The van der Waals surface area contributed by atoms with E-state index < -0.39 is 23.6 Å². The molecule has 1 unspecified atom stereocenters. The second kappa shape index (κ2) is 7.56. The quantitative estimate of drug-likeness (QED) is 0.670. The first kappa shape index (κ1) is 17.4. The molecule has 1 aromatic rings. The summed E-state index contributed by atoms with van der Waals surface area (Å²) in [7, 11) is 0. The molecule has 1 aliphatic heterocycles. The van der Waals surface area contributed by atoms with E-state index in [-0.39, 0.29) is 18.6 Å². The van der Waals surface area contributed by atoms with Crippen LogP contribution in [0.25, 0.3) is 0 Å². The Bertz CT molecular complexity index is 666. The zero-order valence-electron chi connectivity index (χ0n) is 13.4. The number of aromatic amines is 1. The highest BCUT2D eigenvalue weighted by molar-refractivity contribution is 5.76. The van der Waals surface area contributed by atoms with Crippen LogP contribution in [0.4, 0.5) is 0 Å². The van der Waals surface area contributed by atoms with Crippen molar-refractivity contribution in [1.29, 1.82) is 0 Å². The average Bonchev–Trinajstić information content (AvgIpc) is 2.91. The lowest BCUT2D eigenvalue weighted by Gasteiger charge is -2.17. The van der Waals surface area contributed by atoms with Gasteiger partial charge in [-0.3, -0.25) is 19.1 Å². The summed E-state index contributed by atoms with van der Waals surface area (Å²) in [6.45, 7) is 3.34. The summed E-state index contributed by atoms with van der Waals surface area (Å²) >= 11 is 0. The highest BCUT2D eigenvalue weighted by Crippen LogP contribution is 2.27. The number of H-pyrrole nitrogens is 1. The molecule has 1 fully saturated rings. The number of nitrogens with zero attached hydrogens (tertiary/aromatic N) is 1. The van der Waals surface area contributed by atoms with Crippen molar-refractivity contribution >= 4 is 5.91 Å². The number of carbonyl (C=O) groups is 1. The van der Waals surface area contributed by atoms with Gasteiger partial charge in [-0.25, -0.2) is 4.79 Å². The maximum absolute atomic E-state index is 11.9. The Hall–Kier alpha value is -1.93. The number of carbonyl (C=O) groups excluding carboxylic acids is 1. The smallest absolute Gasteiger partial charge is 0.330 e. The van der Waals surface area contributed by atoms with Gasteiger partial charge in [0, 0.05) is 24.6 Å². The van der Waals surface area contributed by atoms with Crippen molar-refractivity contribution in [3.05, 3.63) is 32.6 Å². The third-order valence-electron chi connectivity index (χ3n) is 3.98. The van der Waals surface area contributed by atoms with E-state index in [9.17, 15) is 19.5 Å². The van der Waals surface area contributed by atoms with Gasteiger partial charge in [0.05, 0.1) is 12.6 Å². The molecule has 0 saturated carbocycles. The fourth-order valence-corrected chi connectivity index (χ4v) is 2.64. The highest BCUT2D eigenvalue weighted by Gasteiger charge is 2.37. The van der Waals surface area contributed by atoms with E-state index >= 15 is 0 Å². The molecule has 0 aliphatic carbocycles. The summed E-state index contributed by atoms with van der Waals surface area (Å²) < 4.78 is 6.96. The van der Waals surface area contributed by atoms with Gasteiger partial charge in [-0.1, -0.05) is 13.3 Å². The second-order valence-corrected chi connectivity index (χ2v) is 5.80. The summed E-state index contributed by atoms with van der Waals surface area (Å²) in [4.78, 5) is 37.4. The molecule has 0 bridgehead atoms. The molecule has 2 rings (SSSR count). The number of hydrogen-bond donors (Lipinski definition) is 3. The fraction of sp³-hybridized carbons (Fsp3) is 0.667. The molecular formula is C15H23N3O5. The van der Waals surface area contributed by atoms with Gasteiger partial charge < -0.3 is 15.2 Å². The molecule has 23 heavy (non-hydrogen) atoms. The van der Waals surface area contributed by atoms with Gasteiger partial charge in [-0.15, -0.1) is 0 Å². The van der Waals surface area contributed by atoms with Crippen molar-refractivity contribution in [3.63, 3.8) is 0 Å². The summed E-state index contributed by atoms with van der Waals surface area (Å²) in [5.74, 6) is -0.0930. The molecule has 1 aliphatic rings. The standard InChI is InChI=1S/C15H23N3O5/c1-3-4-5-12(20)16-10-6-13(23-11(10)8-19)18-7-9(2)14(21)17-15(18)22/h7,10-11,13,19H,3-6,8H2,1-2H3,(H,16,20)(H,17,21,22)/t10?,11-,13-/m1/s1. The monoisotopic (exact) mass is 325 g/mol. The molecular weight excluding hydrogens is 302 g/mol. The van der Waals surface area contributed by atoms with E-state index in [0.717, 1.165) is 12.8 Å². The lowest BCUT2D eigenvalue weighted by molar-refractivity contribution is -0.122. The summed E-state index contributed by atoms with van der Waals surface area (Å²) in [5, 5.41) is 12.3. The molecule has 3 N–H and O–H groups in total. The fourth-order valence-electron chi connectivity index (χ4n) is 2.64. The van der Waals surface area contributed by atoms with Crippen LogP contribution < -0.4 is 16.6 Å². The van der Waals surface area contributed by atoms with Crippen LogP contribution in [0.1, 0.15) is 44.4 Å². The number of aromatic nitrogens is 2. The van der Waals surface area contributed by atoms with Crippen molar-refractivity contribution in [2.75, 3.05) is 6.61 Å². The van der Waals surface area contributed by atoms with Crippen molar-refractivity contribution in [2.24, 2.45) is 0 Å². The van der Waals surface area contributed by atoms with Gasteiger partial charge in [-0.2, -0.15) is 0 Å². The molecule has 1 amide bonds. The summed E-state index contributed by atoms with van der Waals surface area (Å²) in [6.07, 6.45) is 2.72. The van der Waals surface area contributed by atoms with Crippen molar-refractivity contribution in [3.8, 4) is 0 Å². The molecule has 3 atom stereocenters. The van der Waals surface area contributed by atoms with E-state index in [1.54, 1.807) is 6.92 Å². The Kier molecular flexibility index (Phi) is 5.73. The molecule has 8 heteroatoms. The molecule has 0 aromatic carbocycles. The topological polar surface area (TPSA) is 113 Å². The number of rotatable bonds is 6. The largest absolute Gasteiger partial charge is 0.394 e. The van der Waals surface area contributed by atoms with Crippen molar-refractivity contribution in [1.82, 2.24) is 14.9 Å². The minimum absolute atomic E-state index is 0.0930. The summed E-state index contributed by atoms with van der Waals surface area (Å²) in [6, 6.07) is -0.367. The van der Waals surface area contributed by atoms with E-state index in [1.165, 1.54) is 10.8 Å². The normalized spacial score (nSPS) is 23.9. The molecule has 0 spiro atoms. The summed E-state index contributed by atoms with van der Waals surface area (Å²) in [5.41, 5.74) is -0.614. The maximum atomic E-state index is 11.9. The van der Waals surface area contributed by atoms with E-state index in [1.807, 2.05) is 6.92 Å². The Morgan fingerprint density at radius 3 is 2.91 bits per heavy atom. The number of unbranched alkanes of at least 4 members (excludes halogenated alkanes) is 1. The zero-order valence-corrected chi connectivity index (χ0v) is 13.4. The van der Waals surface area contributed by atoms with Gasteiger partial charge in [0.1, 0.15) is 12.3 Å². The van der Waals surface area contributed by atoms with Gasteiger partial charge >= 0.3 is 5.69 Å². The molecule has 2 heterocycles. The van der Waals surface area contributed by atoms with E-state index in [0.29, 0.717) is 18.4 Å². The zero-order chi connectivity index (χ0) is 17.0. The number of hydrogen-bond acceptors (Lipinski definition) is 5. The first-order chi connectivity index (χ1) is 11.0. The number of nitrogens with one attached hydrogen (secondary N) is 2. The van der Waals surface area contributed by atoms with Crippen LogP contribution in [-0.2, 0) is 9.53 Å². The first-order valence-electron chi connectivity index (χ1n) is 7.84. The molecule has 1 aromatic heterocycles. The Labute approximate surface area is 133 Å². The molecule has 0 radical (unpaired) electrons. The minimum Gasteiger partial charge on any atom is -0.394 e. The maximum Gasteiger partial charge on any atom is 0.330 e. The van der Waals surface area contributed by atoms with E-state index in [4.69, 9.17) is 4.74 Å². The van der Waals surface area contributed by atoms with Gasteiger partial charge in [0.15, 0.2) is 0 Å². The Balaban J connectivity index is 2.12. The third kappa shape index (κ3) is 4.08. The SMILES string of the molecule is CCCCC(=O)NC1C[C@H](n2cc(C)c(=O)[nH]c2=O)O[C@@H]1CO. The van der Waals surface area contributed by atoms with Crippen LogP contribution in [0.3, 0.4) is 0 Å². The lowest BCUT2D eigenvalue weighted by Crippen LogP contribution is -2.41. The highest BCUT2D eigenvalue weighted by atomic mass is 16.5. The lowest BCUT2D eigenvalue weighted by atomic mass is 10.1. The Morgan fingerprint density at radius 1 is 1.52 bits per heavy atom. The third-order valence-corrected chi connectivity index (χ3v) is 3.98. The number of aliphatic hydroxyl groups is 1. The number of aryl methyl sites for hydroxylation is 1. The van der Waals surface area contributed by atoms with Crippen LogP contribution in [0, 0.1) is 6.92 Å².